The average Bonchev–Trinajstić information content (AvgIpc) is 2.94. The summed E-state index contributed by atoms with van der Waals surface area (Å²) >= 11 is 0. The van der Waals surface area contributed by atoms with Crippen LogP contribution in [0.2, 0.25) is 0 Å². The predicted octanol–water partition coefficient (Wildman–Crippen LogP) is 10.1. The van der Waals surface area contributed by atoms with E-state index in [1.807, 2.05) is 32.0 Å². The molecule has 240 valence electrons. The number of benzene rings is 3. The SMILES string of the molecule is CCOC(=O)C(CC(C)C)c1cc(CN(CCC(C)C)Cc2ccc(C(F)(F)F)cc2)cc(-c2ccc(C(F)(F)F)cc2)c1. The fourth-order valence-electron chi connectivity index (χ4n) is 5.08. The van der Waals surface area contributed by atoms with E-state index < -0.39 is 29.4 Å². The zero-order valence-corrected chi connectivity index (χ0v) is 25.9. The van der Waals surface area contributed by atoms with Crippen molar-refractivity contribution in [1.82, 2.24) is 4.90 Å². The van der Waals surface area contributed by atoms with Crippen LogP contribution in [0.4, 0.5) is 26.3 Å². The molecule has 3 aromatic carbocycles. The van der Waals surface area contributed by atoms with Crippen LogP contribution in [-0.4, -0.2) is 24.0 Å². The maximum absolute atomic E-state index is 13.3. The monoisotopic (exact) mass is 621 g/mol. The standard InChI is InChI=1S/C35H41F6NO2/c1-6-44-33(43)32(17-24(4)5)29-19-26(18-28(20-29)27-9-13-31(14-10-27)35(39,40)41)22-42(16-15-23(2)3)21-25-7-11-30(12-8-25)34(36,37)38/h7-14,18-20,23-24,32H,6,15-17,21-22H2,1-5H3. The first-order chi connectivity index (χ1) is 20.6. The minimum atomic E-state index is -4.47. The molecule has 0 saturated heterocycles. The number of nitrogens with zero attached hydrogens (tertiary/aromatic N) is 1. The van der Waals surface area contributed by atoms with E-state index in [0.717, 1.165) is 41.8 Å². The third kappa shape index (κ3) is 10.4. The maximum atomic E-state index is 13.3. The van der Waals surface area contributed by atoms with Gasteiger partial charge in [0, 0.05) is 13.1 Å². The Morgan fingerprint density at radius 1 is 0.727 bits per heavy atom. The lowest BCUT2D eigenvalue weighted by atomic mass is 9.87. The van der Waals surface area contributed by atoms with Crippen LogP contribution >= 0.6 is 0 Å². The number of rotatable bonds is 13. The third-order valence-electron chi connectivity index (χ3n) is 7.36. The van der Waals surface area contributed by atoms with Crippen molar-refractivity contribution < 1.29 is 35.9 Å². The van der Waals surface area contributed by atoms with Gasteiger partial charge in [0.05, 0.1) is 23.7 Å². The van der Waals surface area contributed by atoms with Crippen LogP contribution in [0.1, 0.15) is 81.2 Å². The highest BCUT2D eigenvalue weighted by atomic mass is 19.4. The lowest BCUT2D eigenvalue weighted by Gasteiger charge is -2.25. The van der Waals surface area contributed by atoms with E-state index in [9.17, 15) is 31.1 Å². The molecule has 0 amide bonds. The predicted molar refractivity (Wildman–Crippen MR) is 161 cm³/mol. The minimum Gasteiger partial charge on any atom is -0.466 e. The summed E-state index contributed by atoms with van der Waals surface area (Å²) in [7, 11) is 0. The van der Waals surface area contributed by atoms with Gasteiger partial charge in [0.1, 0.15) is 0 Å². The van der Waals surface area contributed by atoms with Crippen molar-refractivity contribution in [3.63, 3.8) is 0 Å². The summed E-state index contributed by atoms with van der Waals surface area (Å²) < 4.78 is 84.6. The lowest BCUT2D eigenvalue weighted by molar-refractivity contribution is -0.145. The second kappa shape index (κ2) is 15.1. The van der Waals surface area contributed by atoms with Crippen molar-refractivity contribution in [1.29, 1.82) is 0 Å². The summed E-state index contributed by atoms with van der Waals surface area (Å²) in [5.41, 5.74) is 2.06. The minimum absolute atomic E-state index is 0.171. The number of esters is 1. The molecule has 0 heterocycles. The van der Waals surface area contributed by atoms with E-state index in [1.165, 1.54) is 24.3 Å². The summed E-state index contributed by atoms with van der Waals surface area (Å²) in [6, 6.07) is 15.7. The summed E-state index contributed by atoms with van der Waals surface area (Å²) in [4.78, 5) is 15.2. The number of hydrogen-bond donors (Lipinski definition) is 0. The number of halogens is 6. The molecule has 3 aromatic rings. The van der Waals surface area contributed by atoms with Crippen LogP contribution in [0.15, 0.2) is 66.7 Å². The van der Waals surface area contributed by atoms with E-state index in [0.29, 0.717) is 48.7 Å². The number of ether oxygens (including phenoxy) is 1. The summed E-state index contributed by atoms with van der Waals surface area (Å²) in [5, 5.41) is 0. The van der Waals surface area contributed by atoms with Gasteiger partial charge in [-0.05, 0) is 96.3 Å². The van der Waals surface area contributed by atoms with E-state index >= 15 is 0 Å². The average molecular weight is 622 g/mol. The smallest absolute Gasteiger partial charge is 0.416 e. The van der Waals surface area contributed by atoms with Gasteiger partial charge in [-0.1, -0.05) is 64.1 Å². The molecular formula is C35H41F6NO2. The van der Waals surface area contributed by atoms with Crippen LogP contribution in [0.5, 0.6) is 0 Å². The third-order valence-corrected chi connectivity index (χ3v) is 7.36. The Kier molecular flexibility index (Phi) is 12.1. The van der Waals surface area contributed by atoms with Crippen molar-refractivity contribution in [2.24, 2.45) is 11.8 Å². The Morgan fingerprint density at radius 2 is 1.27 bits per heavy atom. The zero-order valence-electron chi connectivity index (χ0n) is 25.9. The van der Waals surface area contributed by atoms with Crippen molar-refractivity contribution in [2.45, 2.75) is 78.8 Å². The first-order valence-corrected chi connectivity index (χ1v) is 14.9. The van der Waals surface area contributed by atoms with Crippen molar-refractivity contribution in [2.75, 3.05) is 13.2 Å². The summed E-state index contributed by atoms with van der Waals surface area (Å²) in [6.07, 6.45) is -7.51. The second-order valence-electron chi connectivity index (χ2n) is 12.1. The van der Waals surface area contributed by atoms with Crippen LogP contribution in [-0.2, 0) is 35.0 Å². The molecule has 1 unspecified atom stereocenters. The molecule has 0 aromatic heterocycles. The largest absolute Gasteiger partial charge is 0.466 e. The fourth-order valence-corrected chi connectivity index (χ4v) is 5.08. The Hall–Kier alpha value is -3.33. The quantitative estimate of drug-likeness (QED) is 0.141. The van der Waals surface area contributed by atoms with Crippen molar-refractivity contribution in [3.05, 3.63) is 94.5 Å². The van der Waals surface area contributed by atoms with Gasteiger partial charge in [-0.3, -0.25) is 9.69 Å². The van der Waals surface area contributed by atoms with E-state index in [-0.39, 0.29) is 18.5 Å². The number of hydrogen-bond acceptors (Lipinski definition) is 3. The Balaban J connectivity index is 2.05. The van der Waals surface area contributed by atoms with E-state index in [4.69, 9.17) is 4.74 Å². The molecule has 0 aliphatic rings. The van der Waals surface area contributed by atoms with Gasteiger partial charge in [-0.25, -0.2) is 0 Å². The fraction of sp³-hybridized carbons (Fsp3) is 0.457. The lowest BCUT2D eigenvalue weighted by Crippen LogP contribution is -2.25. The van der Waals surface area contributed by atoms with Crippen LogP contribution in [0.3, 0.4) is 0 Å². The molecule has 3 rings (SSSR count). The molecule has 0 aliphatic carbocycles. The molecule has 9 heteroatoms. The summed E-state index contributed by atoms with van der Waals surface area (Å²) in [5.74, 6) is -0.372. The van der Waals surface area contributed by atoms with Gasteiger partial charge in [0.25, 0.3) is 0 Å². The molecule has 0 saturated carbocycles. The van der Waals surface area contributed by atoms with Gasteiger partial charge in [0.15, 0.2) is 0 Å². The Labute approximate surface area is 256 Å². The van der Waals surface area contributed by atoms with Gasteiger partial charge in [0.2, 0.25) is 0 Å². The van der Waals surface area contributed by atoms with Crippen LogP contribution in [0.25, 0.3) is 11.1 Å². The van der Waals surface area contributed by atoms with Crippen LogP contribution in [0, 0.1) is 11.8 Å². The van der Waals surface area contributed by atoms with E-state index in [2.05, 4.69) is 18.7 Å². The molecule has 44 heavy (non-hydrogen) atoms. The highest BCUT2D eigenvalue weighted by Crippen LogP contribution is 2.35. The highest BCUT2D eigenvalue weighted by molar-refractivity contribution is 5.79. The molecule has 0 aliphatic heterocycles. The molecule has 0 spiro atoms. The van der Waals surface area contributed by atoms with Crippen molar-refractivity contribution in [3.8, 4) is 11.1 Å². The first-order valence-electron chi connectivity index (χ1n) is 14.9. The number of carbonyl (C=O) groups excluding carboxylic acids is 1. The molecular weight excluding hydrogens is 580 g/mol. The Morgan fingerprint density at radius 3 is 1.77 bits per heavy atom. The molecule has 1 atom stereocenters. The van der Waals surface area contributed by atoms with Gasteiger partial charge in [-0.15, -0.1) is 0 Å². The molecule has 0 radical (unpaired) electrons. The summed E-state index contributed by atoms with van der Waals surface area (Å²) in [6.45, 7) is 11.6. The van der Waals surface area contributed by atoms with Crippen molar-refractivity contribution >= 4 is 5.97 Å². The molecule has 0 bridgehead atoms. The normalized spacial score (nSPS) is 13.1. The number of alkyl halides is 6. The zero-order chi connectivity index (χ0) is 32.7. The molecule has 3 nitrogen and oxygen atoms in total. The van der Waals surface area contributed by atoms with E-state index in [1.54, 1.807) is 6.92 Å². The molecule has 0 N–H and O–H groups in total. The van der Waals surface area contributed by atoms with Gasteiger partial charge < -0.3 is 4.74 Å². The topological polar surface area (TPSA) is 29.5 Å². The highest BCUT2D eigenvalue weighted by Gasteiger charge is 2.31. The number of carbonyl (C=O) groups is 1. The van der Waals surface area contributed by atoms with Gasteiger partial charge in [-0.2, -0.15) is 26.3 Å². The maximum Gasteiger partial charge on any atom is 0.416 e. The molecule has 0 fully saturated rings. The Bertz CT molecular complexity index is 1350. The van der Waals surface area contributed by atoms with Gasteiger partial charge >= 0.3 is 18.3 Å². The van der Waals surface area contributed by atoms with Crippen LogP contribution < -0.4 is 0 Å². The first kappa shape index (κ1) is 35.2. The second-order valence-corrected chi connectivity index (χ2v) is 12.1.